The van der Waals surface area contributed by atoms with Crippen molar-refractivity contribution in [3.05, 3.63) is 44.0 Å². The minimum atomic E-state index is -0.621. The molecule has 0 unspecified atom stereocenters. The maximum Gasteiger partial charge on any atom is 0.279 e. The number of nitrogens with zero attached hydrogens (tertiary/aromatic N) is 3. The van der Waals surface area contributed by atoms with Gasteiger partial charge >= 0.3 is 0 Å². The van der Waals surface area contributed by atoms with E-state index in [2.05, 4.69) is 4.90 Å². The Bertz CT molecular complexity index is 529. The van der Waals surface area contributed by atoms with Crippen molar-refractivity contribution in [2.45, 2.75) is 12.8 Å². The second kappa shape index (κ2) is 7.09. The van der Waals surface area contributed by atoms with Crippen LogP contribution in [0.15, 0.2) is 18.2 Å². The first-order valence-electron chi connectivity index (χ1n) is 6.80. The minimum Gasteiger partial charge on any atom is -0.379 e. The van der Waals surface area contributed by atoms with Gasteiger partial charge in [-0.2, -0.15) is 0 Å². The van der Waals surface area contributed by atoms with E-state index in [1.807, 2.05) is 0 Å². The van der Waals surface area contributed by atoms with E-state index in [1.165, 1.54) is 12.1 Å². The summed E-state index contributed by atoms with van der Waals surface area (Å²) in [5.41, 5.74) is 0.115. The van der Waals surface area contributed by atoms with Crippen molar-refractivity contribution in [1.29, 1.82) is 0 Å². The van der Waals surface area contributed by atoms with Gasteiger partial charge in [-0.1, -0.05) is 0 Å². The number of aryl methyl sites for hydroxylation is 1. The molecule has 8 nitrogen and oxygen atoms in total. The lowest BCUT2D eigenvalue weighted by molar-refractivity contribution is -0.394. The standard InChI is InChI=1S/C13H17N3O5/c17-15(18)12-4-3-11(13(10-12)16(19)20)2-1-5-14-6-8-21-9-7-14/h3-4,10H,1-2,5-9H2. The Labute approximate surface area is 121 Å². The molecule has 1 aromatic rings. The maximum atomic E-state index is 11.0. The van der Waals surface area contributed by atoms with Gasteiger partial charge in [-0.25, -0.2) is 0 Å². The molecule has 2 rings (SSSR count). The third-order valence-corrected chi connectivity index (χ3v) is 3.50. The SMILES string of the molecule is O=[N+]([O-])c1ccc(CCCN2CCOCC2)c([N+](=O)[O-])c1. The van der Waals surface area contributed by atoms with Gasteiger partial charge in [-0.3, -0.25) is 25.1 Å². The first-order valence-corrected chi connectivity index (χ1v) is 6.80. The molecule has 0 aromatic heterocycles. The van der Waals surface area contributed by atoms with Gasteiger partial charge in [0.1, 0.15) is 0 Å². The van der Waals surface area contributed by atoms with Gasteiger partial charge < -0.3 is 4.74 Å². The van der Waals surface area contributed by atoms with Crippen molar-refractivity contribution < 1.29 is 14.6 Å². The summed E-state index contributed by atoms with van der Waals surface area (Å²) in [4.78, 5) is 22.8. The van der Waals surface area contributed by atoms with Gasteiger partial charge in [0.05, 0.1) is 29.1 Å². The fourth-order valence-corrected chi connectivity index (χ4v) is 2.37. The highest BCUT2D eigenvalue weighted by molar-refractivity contribution is 5.49. The number of nitro benzene ring substituents is 2. The summed E-state index contributed by atoms with van der Waals surface area (Å²) in [5, 5.41) is 21.7. The van der Waals surface area contributed by atoms with E-state index in [1.54, 1.807) is 0 Å². The number of nitro groups is 2. The quantitative estimate of drug-likeness (QED) is 0.586. The van der Waals surface area contributed by atoms with Crippen molar-refractivity contribution in [3.8, 4) is 0 Å². The largest absolute Gasteiger partial charge is 0.379 e. The summed E-state index contributed by atoms with van der Waals surface area (Å²) >= 11 is 0. The first kappa shape index (κ1) is 15.3. The molecule has 1 aromatic carbocycles. The molecule has 0 amide bonds. The fraction of sp³-hybridized carbons (Fsp3) is 0.538. The van der Waals surface area contributed by atoms with Crippen LogP contribution in [-0.2, 0) is 11.2 Å². The van der Waals surface area contributed by atoms with E-state index in [0.29, 0.717) is 12.0 Å². The molecule has 0 bridgehead atoms. The molecule has 21 heavy (non-hydrogen) atoms. The van der Waals surface area contributed by atoms with Gasteiger partial charge in [0.25, 0.3) is 11.4 Å². The number of benzene rings is 1. The van der Waals surface area contributed by atoms with Crippen LogP contribution in [0, 0.1) is 20.2 Å². The summed E-state index contributed by atoms with van der Waals surface area (Å²) < 4.78 is 5.26. The van der Waals surface area contributed by atoms with Crippen LogP contribution in [0.25, 0.3) is 0 Å². The Balaban J connectivity index is 1.98. The fourth-order valence-electron chi connectivity index (χ4n) is 2.37. The summed E-state index contributed by atoms with van der Waals surface area (Å²) in [6, 6.07) is 3.83. The minimum absolute atomic E-state index is 0.175. The maximum absolute atomic E-state index is 11.0. The molecule has 1 heterocycles. The van der Waals surface area contributed by atoms with Crippen molar-refractivity contribution in [2.75, 3.05) is 32.8 Å². The second-order valence-corrected chi connectivity index (χ2v) is 4.88. The number of hydrogen-bond acceptors (Lipinski definition) is 6. The third-order valence-electron chi connectivity index (χ3n) is 3.50. The highest BCUT2D eigenvalue weighted by Gasteiger charge is 2.19. The van der Waals surface area contributed by atoms with Crippen molar-refractivity contribution >= 4 is 11.4 Å². The van der Waals surface area contributed by atoms with Crippen LogP contribution < -0.4 is 0 Å². The topological polar surface area (TPSA) is 98.8 Å². The summed E-state index contributed by atoms with van der Waals surface area (Å²) in [5.74, 6) is 0. The lowest BCUT2D eigenvalue weighted by atomic mass is 10.1. The Morgan fingerprint density at radius 3 is 2.48 bits per heavy atom. The highest BCUT2D eigenvalue weighted by atomic mass is 16.6. The Morgan fingerprint density at radius 1 is 1.14 bits per heavy atom. The van der Waals surface area contributed by atoms with Crippen LogP contribution >= 0.6 is 0 Å². The summed E-state index contributed by atoms with van der Waals surface area (Å²) in [6.45, 7) is 4.04. The van der Waals surface area contributed by atoms with Gasteiger partial charge in [-0.15, -0.1) is 0 Å². The molecule has 114 valence electrons. The van der Waals surface area contributed by atoms with Crippen LogP contribution in [0.3, 0.4) is 0 Å². The van der Waals surface area contributed by atoms with Crippen LogP contribution in [0.1, 0.15) is 12.0 Å². The predicted octanol–water partition coefficient (Wildman–Crippen LogP) is 1.77. The molecule has 1 saturated heterocycles. The number of morpholine rings is 1. The van der Waals surface area contributed by atoms with Crippen LogP contribution in [0.5, 0.6) is 0 Å². The lowest BCUT2D eigenvalue weighted by Crippen LogP contribution is -2.36. The number of rotatable bonds is 6. The number of ether oxygens (including phenoxy) is 1. The molecule has 0 saturated carbocycles. The Morgan fingerprint density at radius 2 is 1.86 bits per heavy atom. The van der Waals surface area contributed by atoms with Crippen LogP contribution in [0.4, 0.5) is 11.4 Å². The molecule has 0 spiro atoms. The molecule has 0 radical (unpaired) electrons. The number of hydrogen-bond donors (Lipinski definition) is 0. The van der Waals surface area contributed by atoms with Crippen molar-refractivity contribution in [3.63, 3.8) is 0 Å². The molecule has 0 N–H and O–H groups in total. The average Bonchev–Trinajstić information content (AvgIpc) is 2.48. The molecular weight excluding hydrogens is 278 g/mol. The smallest absolute Gasteiger partial charge is 0.279 e. The van der Waals surface area contributed by atoms with E-state index in [4.69, 9.17) is 4.74 Å². The molecule has 0 aliphatic carbocycles. The predicted molar refractivity (Wildman–Crippen MR) is 75.3 cm³/mol. The number of non-ortho nitro benzene ring substituents is 1. The van der Waals surface area contributed by atoms with Gasteiger partial charge in [0.15, 0.2) is 0 Å². The lowest BCUT2D eigenvalue weighted by Gasteiger charge is -2.26. The van der Waals surface area contributed by atoms with Crippen LogP contribution in [0.2, 0.25) is 0 Å². The third kappa shape index (κ3) is 4.20. The highest BCUT2D eigenvalue weighted by Crippen LogP contribution is 2.25. The molecular formula is C13H17N3O5. The van der Waals surface area contributed by atoms with Crippen LogP contribution in [-0.4, -0.2) is 47.6 Å². The monoisotopic (exact) mass is 295 g/mol. The second-order valence-electron chi connectivity index (χ2n) is 4.88. The zero-order valence-electron chi connectivity index (χ0n) is 11.6. The molecule has 0 atom stereocenters. The molecule has 1 aliphatic heterocycles. The summed E-state index contributed by atoms with van der Waals surface area (Å²) in [7, 11) is 0. The van der Waals surface area contributed by atoms with E-state index >= 15 is 0 Å². The van der Waals surface area contributed by atoms with E-state index < -0.39 is 9.85 Å². The van der Waals surface area contributed by atoms with E-state index in [9.17, 15) is 20.2 Å². The summed E-state index contributed by atoms with van der Waals surface area (Å²) in [6.07, 6.45) is 1.31. The van der Waals surface area contributed by atoms with Gasteiger partial charge in [0.2, 0.25) is 0 Å². The molecule has 1 aliphatic rings. The molecule has 8 heteroatoms. The Kier molecular flexibility index (Phi) is 5.18. The van der Waals surface area contributed by atoms with Gasteiger partial charge in [-0.05, 0) is 25.5 Å². The average molecular weight is 295 g/mol. The zero-order chi connectivity index (χ0) is 15.2. The first-order chi connectivity index (χ1) is 10.1. The van der Waals surface area contributed by atoms with E-state index in [0.717, 1.165) is 45.3 Å². The Hall–Kier alpha value is -2.06. The molecule has 1 fully saturated rings. The van der Waals surface area contributed by atoms with Gasteiger partial charge in [0, 0.05) is 24.7 Å². The van der Waals surface area contributed by atoms with E-state index in [-0.39, 0.29) is 11.4 Å². The van der Waals surface area contributed by atoms with Crippen molar-refractivity contribution in [2.24, 2.45) is 0 Å². The van der Waals surface area contributed by atoms with Crippen molar-refractivity contribution in [1.82, 2.24) is 4.90 Å². The normalized spacial score (nSPS) is 15.8. The zero-order valence-corrected chi connectivity index (χ0v) is 11.6.